The van der Waals surface area contributed by atoms with Gasteiger partial charge < -0.3 is 15.6 Å². The summed E-state index contributed by atoms with van der Waals surface area (Å²) in [5.41, 5.74) is 0. The van der Waals surface area contributed by atoms with Gasteiger partial charge in [0.2, 0.25) is 22.1 Å². The fraction of sp³-hybridized carbons (Fsp3) is 0.800. The van der Waals surface area contributed by atoms with Crippen molar-refractivity contribution in [2.45, 2.75) is 50.8 Å². The van der Waals surface area contributed by atoms with E-state index in [-0.39, 0.29) is 11.8 Å². The number of amides is 2. The first kappa shape index (κ1) is 23.2. The molecule has 2 saturated heterocycles. The van der Waals surface area contributed by atoms with E-state index in [0.717, 1.165) is 26.2 Å². The lowest BCUT2D eigenvalue weighted by atomic mass is 9.92. The van der Waals surface area contributed by atoms with Crippen LogP contribution in [0.15, 0.2) is 10.3 Å². The number of carbonyl (C=O) groups is 2. The third-order valence-electron chi connectivity index (χ3n) is 5.73. The lowest BCUT2D eigenvalue weighted by Gasteiger charge is -2.35. The van der Waals surface area contributed by atoms with Crippen molar-refractivity contribution in [2.24, 2.45) is 23.7 Å². The predicted octanol–water partition coefficient (Wildman–Crippen LogP) is 2.19. The number of rotatable bonds is 6. The molecule has 168 valence electrons. The average Bonchev–Trinajstić information content (AvgIpc) is 3.02. The van der Waals surface area contributed by atoms with Crippen LogP contribution < -0.4 is 5.84 Å². The molecule has 0 radical (unpaired) electrons. The minimum atomic E-state index is 0.110. The smallest absolute Gasteiger partial charge is 0.233 e. The van der Waals surface area contributed by atoms with Gasteiger partial charge in [-0.15, -0.1) is 10.2 Å². The molecule has 4 unspecified atom stereocenters. The average molecular weight is 455 g/mol. The maximum Gasteiger partial charge on any atom is 0.233 e. The van der Waals surface area contributed by atoms with Gasteiger partial charge in [0.25, 0.3) is 0 Å². The summed E-state index contributed by atoms with van der Waals surface area (Å²) in [6, 6.07) is 0. The van der Waals surface area contributed by atoms with E-state index in [0.29, 0.717) is 45.5 Å². The fourth-order valence-corrected chi connectivity index (χ4v) is 6.21. The predicted molar refractivity (Wildman–Crippen MR) is 121 cm³/mol. The Bertz CT molecular complexity index is 678. The van der Waals surface area contributed by atoms with Gasteiger partial charge in [-0.2, -0.15) is 0 Å². The molecule has 2 aliphatic rings. The number of aromatic nitrogens is 3. The standard InChI is InChI=1S/C20H34N6O2S2/c1-13-5-14(2)8-24(7-13)17(27)11-29-19-22-23-20(26(19)21)30-12-18(28)25-9-15(3)6-16(4)10-25/h13-16H,5-12,21H2,1-4H3. The number of hydrogen-bond donors (Lipinski definition) is 1. The van der Waals surface area contributed by atoms with Crippen molar-refractivity contribution in [3.05, 3.63) is 0 Å². The Kier molecular flexibility index (Phi) is 7.95. The number of thioether (sulfide) groups is 2. The van der Waals surface area contributed by atoms with Crippen molar-refractivity contribution in [2.75, 3.05) is 43.5 Å². The Balaban J connectivity index is 1.48. The molecule has 1 aromatic rings. The van der Waals surface area contributed by atoms with E-state index in [1.165, 1.54) is 41.0 Å². The minimum Gasteiger partial charge on any atom is -0.341 e. The summed E-state index contributed by atoms with van der Waals surface area (Å²) < 4.78 is 1.39. The molecule has 0 aliphatic carbocycles. The number of nitrogen functional groups attached to an aromatic ring is 1. The van der Waals surface area contributed by atoms with Gasteiger partial charge in [-0.3, -0.25) is 9.59 Å². The van der Waals surface area contributed by atoms with Crippen LogP contribution in [-0.4, -0.2) is 74.2 Å². The molecule has 30 heavy (non-hydrogen) atoms. The van der Waals surface area contributed by atoms with Crippen molar-refractivity contribution in [1.29, 1.82) is 0 Å². The van der Waals surface area contributed by atoms with Crippen LogP contribution in [0.1, 0.15) is 40.5 Å². The summed E-state index contributed by atoms with van der Waals surface area (Å²) in [6.07, 6.45) is 2.34. The number of hydrogen-bond acceptors (Lipinski definition) is 7. The highest BCUT2D eigenvalue weighted by atomic mass is 32.2. The molecule has 0 saturated carbocycles. The molecule has 2 N–H and O–H groups in total. The Labute approximate surface area is 187 Å². The molecule has 1 aromatic heterocycles. The van der Waals surface area contributed by atoms with Crippen LogP contribution in [-0.2, 0) is 9.59 Å². The highest BCUT2D eigenvalue weighted by Gasteiger charge is 2.27. The van der Waals surface area contributed by atoms with Crippen molar-refractivity contribution >= 4 is 35.3 Å². The summed E-state index contributed by atoms with van der Waals surface area (Å²) >= 11 is 2.60. The van der Waals surface area contributed by atoms with Crippen LogP contribution in [0.3, 0.4) is 0 Å². The summed E-state index contributed by atoms with van der Waals surface area (Å²) in [5, 5.41) is 9.22. The van der Waals surface area contributed by atoms with Crippen molar-refractivity contribution in [1.82, 2.24) is 24.7 Å². The molecule has 2 amide bonds. The van der Waals surface area contributed by atoms with E-state index in [9.17, 15) is 9.59 Å². The van der Waals surface area contributed by atoms with Crippen LogP contribution in [0, 0.1) is 23.7 Å². The highest BCUT2D eigenvalue weighted by Crippen LogP contribution is 2.26. The summed E-state index contributed by atoms with van der Waals surface area (Å²) in [6.45, 7) is 12.0. The molecule has 2 fully saturated rings. The van der Waals surface area contributed by atoms with Crippen LogP contribution >= 0.6 is 23.5 Å². The number of nitrogens with zero attached hydrogens (tertiary/aromatic N) is 5. The molecule has 3 heterocycles. The van der Waals surface area contributed by atoms with Gasteiger partial charge in [0.1, 0.15) is 0 Å². The molecule has 3 rings (SSSR count). The van der Waals surface area contributed by atoms with Gasteiger partial charge in [-0.1, -0.05) is 51.2 Å². The Hall–Kier alpha value is -1.42. The van der Waals surface area contributed by atoms with E-state index in [1.54, 1.807) is 0 Å². The maximum absolute atomic E-state index is 12.6. The zero-order valence-corrected chi connectivity index (χ0v) is 20.0. The summed E-state index contributed by atoms with van der Waals surface area (Å²) in [4.78, 5) is 29.0. The second kappa shape index (κ2) is 10.3. The molecule has 8 nitrogen and oxygen atoms in total. The van der Waals surface area contributed by atoms with Gasteiger partial charge in [0.05, 0.1) is 11.5 Å². The third kappa shape index (κ3) is 6.06. The molecule has 4 atom stereocenters. The molecule has 0 bridgehead atoms. The largest absolute Gasteiger partial charge is 0.341 e. The first-order chi connectivity index (χ1) is 14.2. The fourth-order valence-electron chi connectivity index (χ4n) is 4.63. The zero-order valence-electron chi connectivity index (χ0n) is 18.4. The first-order valence-corrected chi connectivity index (χ1v) is 12.7. The second-order valence-electron chi connectivity index (χ2n) is 9.20. The maximum atomic E-state index is 12.6. The Morgan fingerprint density at radius 2 is 1.13 bits per heavy atom. The number of piperidine rings is 2. The van der Waals surface area contributed by atoms with E-state index >= 15 is 0 Å². The minimum absolute atomic E-state index is 0.110. The van der Waals surface area contributed by atoms with Crippen LogP contribution in [0.5, 0.6) is 0 Å². The van der Waals surface area contributed by atoms with Crippen LogP contribution in [0.25, 0.3) is 0 Å². The molecule has 0 spiro atoms. The van der Waals surface area contributed by atoms with Gasteiger partial charge in [-0.05, 0) is 36.5 Å². The van der Waals surface area contributed by atoms with E-state index < -0.39 is 0 Å². The van der Waals surface area contributed by atoms with Gasteiger partial charge in [-0.25, -0.2) is 4.68 Å². The van der Waals surface area contributed by atoms with Crippen molar-refractivity contribution in [3.63, 3.8) is 0 Å². The molecule has 0 aromatic carbocycles. The second-order valence-corrected chi connectivity index (χ2v) is 11.1. The molecule has 2 aliphatic heterocycles. The topological polar surface area (TPSA) is 97.4 Å². The quantitative estimate of drug-likeness (QED) is 0.520. The monoisotopic (exact) mass is 454 g/mol. The van der Waals surface area contributed by atoms with E-state index in [2.05, 4.69) is 37.9 Å². The molecular formula is C20H34N6O2S2. The summed E-state index contributed by atoms with van der Waals surface area (Å²) in [5.74, 6) is 9.07. The zero-order chi connectivity index (χ0) is 21.8. The van der Waals surface area contributed by atoms with Gasteiger partial charge in [0.15, 0.2) is 0 Å². The molecule has 10 heteroatoms. The van der Waals surface area contributed by atoms with Crippen LogP contribution in [0.4, 0.5) is 0 Å². The first-order valence-electron chi connectivity index (χ1n) is 10.7. The van der Waals surface area contributed by atoms with Crippen molar-refractivity contribution < 1.29 is 9.59 Å². The number of nitrogens with two attached hydrogens (primary N) is 1. The van der Waals surface area contributed by atoms with Crippen LogP contribution in [0.2, 0.25) is 0 Å². The lowest BCUT2D eigenvalue weighted by Crippen LogP contribution is -2.43. The van der Waals surface area contributed by atoms with Gasteiger partial charge >= 0.3 is 0 Å². The Morgan fingerprint density at radius 3 is 1.47 bits per heavy atom. The van der Waals surface area contributed by atoms with Gasteiger partial charge in [0, 0.05) is 26.2 Å². The SMILES string of the molecule is CC1CC(C)CN(C(=O)CSc2nnc(SCC(=O)N3CC(C)CC(C)C3)n2N)C1. The summed E-state index contributed by atoms with van der Waals surface area (Å²) in [7, 11) is 0. The molecular weight excluding hydrogens is 420 g/mol. The third-order valence-corrected chi connectivity index (χ3v) is 7.58. The normalized spacial score (nSPS) is 27.3. The van der Waals surface area contributed by atoms with E-state index in [4.69, 9.17) is 5.84 Å². The Morgan fingerprint density at radius 1 is 0.800 bits per heavy atom. The van der Waals surface area contributed by atoms with E-state index in [1.807, 2.05) is 9.80 Å². The lowest BCUT2D eigenvalue weighted by molar-refractivity contribution is -0.131. The number of likely N-dealkylation sites (tertiary alicyclic amines) is 2. The number of carbonyl (C=O) groups excluding carboxylic acids is 2. The van der Waals surface area contributed by atoms with Crippen molar-refractivity contribution in [3.8, 4) is 0 Å². The highest BCUT2D eigenvalue weighted by molar-refractivity contribution is 8.00.